The predicted octanol–water partition coefficient (Wildman–Crippen LogP) is 3.37. The Labute approximate surface area is 79.9 Å². The molecule has 0 aromatic heterocycles. The third kappa shape index (κ3) is 4.32. The zero-order chi connectivity index (χ0) is 8.10. The van der Waals surface area contributed by atoms with Crippen LogP contribution in [0.25, 0.3) is 0 Å². The van der Waals surface area contributed by atoms with E-state index in [-0.39, 0.29) is 0 Å². The van der Waals surface area contributed by atoms with Crippen molar-refractivity contribution in [2.24, 2.45) is 0 Å². The molecule has 0 saturated heterocycles. The molecular formula is C9H18S2. The van der Waals surface area contributed by atoms with Crippen LogP contribution in [0.5, 0.6) is 0 Å². The number of hydrogen-bond donors (Lipinski definition) is 1. The molecule has 1 saturated carbocycles. The molecule has 0 amide bonds. The van der Waals surface area contributed by atoms with Crippen LogP contribution in [0.1, 0.15) is 39.0 Å². The summed E-state index contributed by atoms with van der Waals surface area (Å²) in [6, 6.07) is 0. The maximum absolute atomic E-state index is 4.38. The molecule has 1 atom stereocenters. The Hall–Kier alpha value is 0.700. The summed E-state index contributed by atoms with van der Waals surface area (Å²) in [5, 5.41) is 1.53. The van der Waals surface area contributed by atoms with Crippen molar-refractivity contribution in [3.05, 3.63) is 0 Å². The summed E-state index contributed by atoms with van der Waals surface area (Å²) in [5.41, 5.74) is 0. The Kier molecular flexibility index (Phi) is 4.77. The van der Waals surface area contributed by atoms with Gasteiger partial charge in [0.1, 0.15) is 0 Å². The first-order valence-corrected chi connectivity index (χ1v) is 6.15. The average Bonchev–Trinajstić information content (AvgIpc) is 2.03. The van der Waals surface area contributed by atoms with E-state index in [1.54, 1.807) is 0 Å². The molecule has 1 rings (SSSR count). The molecule has 0 heterocycles. The van der Waals surface area contributed by atoms with Gasteiger partial charge >= 0.3 is 0 Å². The number of thioether (sulfide) groups is 1. The molecule has 66 valence electrons. The van der Waals surface area contributed by atoms with E-state index in [1.165, 1.54) is 37.9 Å². The lowest BCUT2D eigenvalue weighted by atomic mass is 10.0. The summed E-state index contributed by atoms with van der Waals surface area (Å²) in [5.74, 6) is 1.23. The van der Waals surface area contributed by atoms with Crippen molar-refractivity contribution in [2.75, 3.05) is 5.75 Å². The van der Waals surface area contributed by atoms with E-state index in [2.05, 4.69) is 31.3 Å². The molecule has 1 aliphatic rings. The molecule has 0 aromatic carbocycles. The number of rotatable bonds is 3. The third-order valence-corrected chi connectivity index (χ3v) is 4.19. The van der Waals surface area contributed by atoms with Gasteiger partial charge in [-0.25, -0.2) is 0 Å². The van der Waals surface area contributed by atoms with Crippen LogP contribution in [0.4, 0.5) is 0 Å². The van der Waals surface area contributed by atoms with E-state index in [4.69, 9.17) is 0 Å². The maximum Gasteiger partial charge on any atom is 0.00792 e. The van der Waals surface area contributed by atoms with Gasteiger partial charge in [0.05, 0.1) is 0 Å². The summed E-state index contributed by atoms with van der Waals surface area (Å²) in [6.45, 7) is 2.18. The van der Waals surface area contributed by atoms with E-state index >= 15 is 0 Å². The summed E-state index contributed by atoms with van der Waals surface area (Å²) < 4.78 is 0. The Morgan fingerprint density at radius 2 is 2.00 bits per heavy atom. The molecule has 0 N–H and O–H groups in total. The van der Waals surface area contributed by atoms with Gasteiger partial charge in [0.25, 0.3) is 0 Å². The van der Waals surface area contributed by atoms with Crippen LogP contribution in [0.2, 0.25) is 0 Å². The average molecular weight is 190 g/mol. The molecule has 1 fully saturated rings. The Balaban J connectivity index is 2.05. The lowest BCUT2D eigenvalue weighted by Crippen LogP contribution is -2.10. The largest absolute Gasteiger partial charge is 0.175 e. The minimum absolute atomic E-state index is 0.571. The van der Waals surface area contributed by atoms with Crippen molar-refractivity contribution in [3.63, 3.8) is 0 Å². The van der Waals surface area contributed by atoms with E-state index in [0.29, 0.717) is 5.25 Å². The van der Waals surface area contributed by atoms with Crippen LogP contribution >= 0.6 is 24.4 Å². The second-order valence-electron chi connectivity index (χ2n) is 3.44. The zero-order valence-electron chi connectivity index (χ0n) is 7.25. The van der Waals surface area contributed by atoms with E-state index < -0.39 is 0 Å². The molecule has 0 nitrogen and oxygen atoms in total. The second-order valence-corrected chi connectivity index (χ2v) is 5.66. The van der Waals surface area contributed by atoms with Crippen molar-refractivity contribution < 1.29 is 0 Å². The first-order valence-electron chi connectivity index (χ1n) is 4.58. The molecule has 1 aliphatic carbocycles. The van der Waals surface area contributed by atoms with Crippen LogP contribution in [0.3, 0.4) is 0 Å². The van der Waals surface area contributed by atoms with Crippen LogP contribution in [-0.2, 0) is 0 Å². The fourth-order valence-electron chi connectivity index (χ4n) is 1.51. The standard InChI is InChI=1S/C9H18S2/c1-8(10)7-11-9-5-3-2-4-6-9/h8-10H,2-7H2,1H3. The Morgan fingerprint density at radius 1 is 1.36 bits per heavy atom. The number of hydrogen-bond acceptors (Lipinski definition) is 2. The minimum Gasteiger partial charge on any atom is -0.175 e. The summed E-state index contributed by atoms with van der Waals surface area (Å²) >= 11 is 6.51. The Morgan fingerprint density at radius 3 is 2.55 bits per heavy atom. The topological polar surface area (TPSA) is 0 Å². The van der Waals surface area contributed by atoms with Gasteiger partial charge in [-0.15, -0.1) is 0 Å². The second kappa shape index (κ2) is 5.36. The van der Waals surface area contributed by atoms with Gasteiger partial charge in [-0.3, -0.25) is 0 Å². The molecule has 0 bridgehead atoms. The van der Waals surface area contributed by atoms with Gasteiger partial charge < -0.3 is 0 Å². The highest BCUT2D eigenvalue weighted by atomic mass is 32.2. The van der Waals surface area contributed by atoms with Gasteiger partial charge in [0.2, 0.25) is 0 Å². The summed E-state index contributed by atoms with van der Waals surface area (Å²) in [4.78, 5) is 0. The van der Waals surface area contributed by atoms with Crippen molar-refractivity contribution >= 4 is 24.4 Å². The van der Waals surface area contributed by atoms with Crippen LogP contribution in [0.15, 0.2) is 0 Å². The normalized spacial score (nSPS) is 23.5. The summed E-state index contributed by atoms with van der Waals surface area (Å²) in [7, 11) is 0. The van der Waals surface area contributed by atoms with Gasteiger partial charge in [-0.2, -0.15) is 24.4 Å². The van der Waals surface area contributed by atoms with Gasteiger partial charge in [0, 0.05) is 16.3 Å². The molecule has 11 heavy (non-hydrogen) atoms. The third-order valence-electron chi connectivity index (χ3n) is 2.13. The monoisotopic (exact) mass is 190 g/mol. The van der Waals surface area contributed by atoms with Crippen molar-refractivity contribution in [3.8, 4) is 0 Å². The van der Waals surface area contributed by atoms with Gasteiger partial charge in [-0.1, -0.05) is 26.2 Å². The number of thiol groups is 1. The minimum atomic E-state index is 0.571. The van der Waals surface area contributed by atoms with Gasteiger partial charge in [0.15, 0.2) is 0 Å². The molecule has 0 radical (unpaired) electrons. The van der Waals surface area contributed by atoms with E-state index in [9.17, 15) is 0 Å². The highest BCUT2D eigenvalue weighted by Gasteiger charge is 2.13. The van der Waals surface area contributed by atoms with Crippen LogP contribution < -0.4 is 0 Å². The molecule has 1 unspecified atom stereocenters. The van der Waals surface area contributed by atoms with Crippen molar-refractivity contribution in [2.45, 2.75) is 49.5 Å². The molecule has 0 spiro atoms. The summed E-state index contributed by atoms with van der Waals surface area (Å²) in [6.07, 6.45) is 7.28. The van der Waals surface area contributed by atoms with Crippen molar-refractivity contribution in [1.29, 1.82) is 0 Å². The molecular weight excluding hydrogens is 172 g/mol. The quantitative estimate of drug-likeness (QED) is 0.666. The van der Waals surface area contributed by atoms with Crippen LogP contribution in [-0.4, -0.2) is 16.3 Å². The zero-order valence-corrected chi connectivity index (χ0v) is 8.96. The van der Waals surface area contributed by atoms with Crippen molar-refractivity contribution in [1.82, 2.24) is 0 Å². The SMILES string of the molecule is CC(S)CSC1CCCCC1. The lowest BCUT2D eigenvalue weighted by Gasteiger charge is -2.21. The first kappa shape index (κ1) is 9.79. The van der Waals surface area contributed by atoms with E-state index in [1.807, 2.05) is 0 Å². The highest BCUT2D eigenvalue weighted by molar-refractivity contribution is 8.00. The lowest BCUT2D eigenvalue weighted by molar-refractivity contribution is 0.516. The smallest absolute Gasteiger partial charge is 0.00792 e. The fraction of sp³-hybridized carbons (Fsp3) is 1.00. The highest BCUT2D eigenvalue weighted by Crippen LogP contribution is 2.28. The van der Waals surface area contributed by atoms with E-state index in [0.717, 1.165) is 5.25 Å². The Bertz CT molecular complexity index is 95.7. The van der Waals surface area contributed by atoms with Crippen LogP contribution in [0, 0.1) is 0 Å². The first-order chi connectivity index (χ1) is 5.29. The van der Waals surface area contributed by atoms with Gasteiger partial charge in [-0.05, 0) is 12.8 Å². The predicted molar refractivity (Wildman–Crippen MR) is 57.8 cm³/mol. The molecule has 0 aromatic rings. The fourth-order valence-corrected chi connectivity index (χ4v) is 2.98. The molecule has 0 aliphatic heterocycles. The maximum atomic E-state index is 4.38. The molecule has 2 heteroatoms.